The zero-order valence-corrected chi connectivity index (χ0v) is 16.1. The Morgan fingerprint density at radius 3 is 1.83 bits per heavy atom. The molecule has 0 aromatic carbocycles. The normalized spacial score (nSPS) is 13.8. The Kier molecular flexibility index (Phi) is 7.97. The molecule has 0 heterocycles. The standard InChI is InChI=1S/C14H28N2O7S/c1-13(2,3)22-11(17)15-8-10(9-21-24(7,19)20)16-12(18)23-14(4,5)6/h10H,8-9H2,1-7H3,(H,15,17)(H,16,18)/t10-/m0/s1. The van der Waals surface area contributed by atoms with E-state index in [1.807, 2.05) is 0 Å². The maximum absolute atomic E-state index is 11.8. The summed E-state index contributed by atoms with van der Waals surface area (Å²) in [5.41, 5.74) is -1.40. The van der Waals surface area contributed by atoms with Crippen LogP contribution in [0.5, 0.6) is 0 Å². The van der Waals surface area contributed by atoms with E-state index in [2.05, 4.69) is 14.8 Å². The van der Waals surface area contributed by atoms with Crippen molar-refractivity contribution in [3.05, 3.63) is 0 Å². The fraction of sp³-hybridized carbons (Fsp3) is 0.857. The molecule has 0 radical (unpaired) electrons. The highest BCUT2D eigenvalue weighted by atomic mass is 32.2. The average molecular weight is 368 g/mol. The minimum Gasteiger partial charge on any atom is -0.444 e. The van der Waals surface area contributed by atoms with Gasteiger partial charge in [-0.25, -0.2) is 9.59 Å². The lowest BCUT2D eigenvalue weighted by molar-refractivity contribution is 0.0448. The average Bonchev–Trinajstić information content (AvgIpc) is 2.26. The van der Waals surface area contributed by atoms with E-state index in [9.17, 15) is 18.0 Å². The predicted octanol–water partition coefficient (Wildman–Crippen LogP) is 1.38. The van der Waals surface area contributed by atoms with Gasteiger partial charge in [0.2, 0.25) is 0 Å². The van der Waals surface area contributed by atoms with Crippen LogP contribution in [-0.4, -0.2) is 57.3 Å². The SMILES string of the molecule is CC(C)(C)OC(=O)NC[C@@H](COS(C)(=O)=O)NC(=O)OC(C)(C)C. The van der Waals surface area contributed by atoms with Gasteiger partial charge in [-0.2, -0.15) is 8.42 Å². The first-order valence-corrected chi connectivity index (χ1v) is 9.20. The summed E-state index contributed by atoms with van der Waals surface area (Å²) in [6, 6.07) is -0.818. The highest BCUT2D eigenvalue weighted by molar-refractivity contribution is 7.85. The highest BCUT2D eigenvalue weighted by Gasteiger charge is 2.22. The fourth-order valence-corrected chi connectivity index (χ4v) is 1.76. The third-order valence-electron chi connectivity index (χ3n) is 2.10. The maximum atomic E-state index is 11.8. The Balaban J connectivity index is 4.69. The van der Waals surface area contributed by atoms with Crippen molar-refractivity contribution in [1.82, 2.24) is 10.6 Å². The molecule has 0 aliphatic carbocycles. The Morgan fingerprint density at radius 2 is 1.42 bits per heavy atom. The van der Waals surface area contributed by atoms with Gasteiger partial charge < -0.3 is 20.1 Å². The summed E-state index contributed by atoms with van der Waals surface area (Å²) >= 11 is 0. The van der Waals surface area contributed by atoms with Gasteiger partial charge in [-0.15, -0.1) is 0 Å². The third kappa shape index (κ3) is 14.1. The number of nitrogens with one attached hydrogen (secondary N) is 2. The zero-order valence-electron chi connectivity index (χ0n) is 15.3. The van der Waals surface area contributed by atoms with Crippen LogP contribution in [0, 0.1) is 0 Å². The van der Waals surface area contributed by atoms with E-state index >= 15 is 0 Å². The van der Waals surface area contributed by atoms with E-state index in [0.29, 0.717) is 0 Å². The molecule has 0 aliphatic heterocycles. The smallest absolute Gasteiger partial charge is 0.408 e. The topological polar surface area (TPSA) is 120 Å². The molecule has 142 valence electrons. The largest absolute Gasteiger partial charge is 0.444 e. The van der Waals surface area contributed by atoms with Crippen LogP contribution in [0.3, 0.4) is 0 Å². The van der Waals surface area contributed by atoms with E-state index in [1.54, 1.807) is 41.5 Å². The lowest BCUT2D eigenvalue weighted by atomic mass is 10.2. The molecular formula is C14H28N2O7S. The molecule has 0 spiro atoms. The van der Waals surface area contributed by atoms with Gasteiger partial charge in [-0.1, -0.05) is 0 Å². The molecule has 10 heteroatoms. The fourth-order valence-electron chi connectivity index (χ4n) is 1.35. The molecule has 0 bridgehead atoms. The Hall–Kier alpha value is -1.55. The molecule has 0 saturated heterocycles. The second kappa shape index (κ2) is 8.52. The van der Waals surface area contributed by atoms with Crippen molar-refractivity contribution in [2.75, 3.05) is 19.4 Å². The Morgan fingerprint density at radius 1 is 0.958 bits per heavy atom. The lowest BCUT2D eigenvalue weighted by Gasteiger charge is -2.24. The van der Waals surface area contributed by atoms with Crippen molar-refractivity contribution in [1.29, 1.82) is 0 Å². The zero-order chi connectivity index (χ0) is 19.2. The van der Waals surface area contributed by atoms with Crippen molar-refractivity contribution >= 4 is 22.3 Å². The van der Waals surface area contributed by atoms with Gasteiger partial charge >= 0.3 is 12.2 Å². The number of hydrogen-bond acceptors (Lipinski definition) is 7. The third-order valence-corrected chi connectivity index (χ3v) is 2.66. The summed E-state index contributed by atoms with van der Waals surface area (Å²) in [6.45, 7) is 9.73. The van der Waals surface area contributed by atoms with E-state index in [-0.39, 0.29) is 13.2 Å². The van der Waals surface area contributed by atoms with Crippen LogP contribution in [0.2, 0.25) is 0 Å². The van der Waals surface area contributed by atoms with Crippen molar-refractivity contribution in [2.24, 2.45) is 0 Å². The van der Waals surface area contributed by atoms with E-state index < -0.39 is 39.5 Å². The lowest BCUT2D eigenvalue weighted by Crippen LogP contribution is -2.48. The Labute approximate surface area is 143 Å². The molecule has 0 fully saturated rings. The van der Waals surface area contributed by atoms with Gasteiger partial charge in [0.1, 0.15) is 11.2 Å². The Bertz CT molecular complexity index is 532. The molecule has 0 aromatic heterocycles. The van der Waals surface area contributed by atoms with E-state index in [0.717, 1.165) is 6.26 Å². The number of alkyl carbamates (subject to hydrolysis) is 2. The molecule has 0 unspecified atom stereocenters. The monoisotopic (exact) mass is 368 g/mol. The van der Waals surface area contributed by atoms with Crippen molar-refractivity contribution < 1.29 is 31.7 Å². The number of carbonyl (C=O) groups is 2. The van der Waals surface area contributed by atoms with Crippen LogP contribution < -0.4 is 10.6 Å². The second-order valence-electron chi connectivity index (χ2n) is 7.21. The highest BCUT2D eigenvalue weighted by Crippen LogP contribution is 2.08. The first-order chi connectivity index (χ1) is 10.6. The van der Waals surface area contributed by atoms with Gasteiger partial charge in [0, 0.05) is 6.54 Å². The van der Waals surface area contributed by atoms with Crippen LogP contribution in [0.1, 0.15) is 41.5 Å². The van der Waals surface area contributed by atoms with Crippen LogP contribution >= 0.6 is 0 Å². The van der Waals surface area contributed by atoms with E-state index in [1.165, 1.54) is 0 Å². The molecule has 2 N–H and O–H groups in total. The number of ether oxygens (including phenoxy) is 2. The van der Waals surface area contributed by atoms with Gasteiger partial charge in [-0.05, 0) is 41.5 Å². The number of hydrogen-bond donors (Lipinski definition) is 2. The molecule has 1 atom stereocenters. The summed E-state index contributed by atoms with van der Waals surface area (Å²) in [5, 5.41) is 4.88. The summed E-state index contributed by atoms with van der Waals surface area (Å²) in [5.74, 6) is 0. The van der Waals surface area contributed by atoms with Gasteiger partial charge in [0.05, 0.1) is 18.9 Å². The van der Waals surface area contributed by atoms with Crippen LogP contribution in [0.15, 0.2) is 0 Å². The molecule has 0 rings (SSSR count). The van der Waals surface area contributed by atoms with Crippen molar-refractivity contribution in [3.63, 3.8) is 0 Å². The number of amides is 2. The summed E-state index contributed by atoms with van der Waals surface area (Å²) in [7, 11) is -3.69. The minimum atomic E-state index is -3.69. The predicted molar refractivity (Wildman–Crippen MR) is 88.2 cm³/mol. The summed E-state index contributed by atoms with van der Waals surface area (Å²) < 4.78 is 37.0. The molecule has 0 aliphatic rings. The van der Waals surface area contributed by atoms with Gasteiger partial charge in [-0.3, -0.25) is 4.18 Å². The van der Waals surface area contributed by atoms with Crippen LogP contribution in [-0.2, 0) is 23.8 Å². The molecular weight excluding hydrogens is 340 g/mol. The van der Waals surface area contributed by atoms with Crippen LogP contribution in [0.4, 0.5) is 9.59 Å². The van der Waals surface area contributed by atoms with Crippen molar-refractivity contribution in [3.8, 4) is 0 Å². The first kappa shape index (κ1) is 22.4. The number of rotatable bonds is 6. The van der Waals surface area contributed by atoms with E-state index in [4.69, 9.17) is 9.47 Å². The minimum absolute atomic E-state index is 0.0936. The van der Waals surface area contributed by atoms with Gasteiger partial charge in [0.25, 0.3) is 10.1 Å². The molecule has 24 heavy (non-hydrogen) atoms. The molecule has 2 amide bonds. The quantitative estimate of drug-likeness (QED) is 0.680. The van der Waals surface area contributed by atoms with Crippen molar-refractivity contribution in [2.45, 2.75) is 58.8 Å². The van der Waals surface area contributed by atoms with Crippen LogP contribution in [0.25, 0.3) is 0 Å². The maximum Gasteiger partial charge on any atom is 0.408 e. The first-order valence-electron chi connectivity index (χ1n) is 7.38. The molecule has 9 nitrogen and oxygen atoms in total. The molecule has 0 aromatic rings. The summed E-state index contributed by atoms with van der Waals surface area (Å²) in [4.78, 5) is 23.4. The summed E-state index contributed by atoms with van der Waals surface area (Å²) in [6.07, 6.45) is -0.563. The van der Waals surface area contributed by atoms with Gasteiger partial charge in [0.15, 0.2) is 0 Å². The second-order valence-corrected chi connectivity index (χ2v) is 8.86. The number of carbonyl (C=O) groups excluding carboxylic acids is 2. The molecule has 0 saturated carbocycles.